The van der Waals surface area contributed by atoms with Crippen molar-refractivity contribution in [3.8, 4) is 5.75 Å². The Labute approximate surface area is 114 Å². The number of benzene rings is 1. The highest BCUT2D eigenvalue weighted by molar-refractivity contribution is 5.71. The molecule has 0 saturated carbocycles. The molecule has 2 N–H and O–H groups in total. The van der Waals surface area contributed by atoms with E-state index < -0.39 is 5.41 Å². The Kier molecular flexibility index (Phi) is 5.36. The van der Waals surface area contributed by atoms with Crippen LogP contribution in [0.1, 0.15) is 32.8 Å². The molecule has 0 radical (unpaired) electrons. The Hall–Kier alpha value is -1.55. The lowest BCUT2D eigenvalue weighted by Crippen LogP contribution is -2.34. The van der Waals surface area contributed by atoms with Gasteiger partial charge in [0.2, 0.25) is 0 Å². The molecule has 19 heavy (non-hydrogen) atoms. The standard InChI is InChI=1S/C15H23NO3/c1-11(2)19-13-7-5-12(6-8-13)15(3,10-16)9-14(17)18-4/h5-8,11H,9-10,16H2,1-4H3. The molecule has 1 aromatic carbocycles. The average Bonchev–Trinajstić information content (AvgIpc) is 2.38. The van der Waals surface area contributed by atoms with Crippen LogP contribution >= 0.6 is 0 Å². The van der Waals surface area contributed by atoms with Gasteiger partial charge >= 0.3 is 5.97 Å². The van der Waals surface area contributed by atoms with Crippen molar-refractivity contribution in [1.82, 2.24) is 0 Å². The maximum atomic E-state index is 11.5. The van der Waals surface area contributed by atoms with E-state index in [4.69, 9.17) is 15.2 Å². The quantitative estimate of drug-likeness (QED) is 0.801. The summed E-state index contributed by atoms with van der Waals surface area (Å²) >= 11 is 0. The molecule has 0 spiro atoms. The maximum Gasteiger partial charge on any atom is 0.306 e. The van der Waals surface area contributed by atoms with Crippen molar-refractivity contribution in [2.45, 2.75) is 38.7 Å². The van der Waals surface area contributed by atoms with E-state index in [1.807, 2.05) is 45.0 Å². The second-order valence-electron chi connectivity index (χ2n) is 5.21. The van der Waals surface area contributed by atoms with Gasteiger partial charge in [0, 0.05) is 12.0 Å². The molecule has 4 nitrogen and oxygen atoms in total. The summed E-state index contributed by atoms with van der Waals surface area (Å²) in [6.07, 6.45) is 0.409. The van der Waals surface area contributed by atoms with Crippen LogP contribution in [0.3, 0.4) is 0 Å². The number of nitrogens with two attached hydrogens (primary N) is 1. The van der Waals surface area contributed by atoms with E-state index in [9.17, 15) is 4.79 Å². The van der Waals surface area contributed by atoms with Crippen LogP contribution in [0, 0.1) is 0 Å². The van der Waals surface area contributed by atoms with E-state index in [0.29, 0.717) is 6.54 Å². The number of esters is 1. The van der Waals surface area contributed by atoms with Gasteiger partial charge in [-0.25, -0.2) is 0 Å². The third-order valence-corrected chi connectivity index (χ3v) is 3.14. The minimum atomic E-state index is -0.413. The zero-order valence-corrected chi connectivity index (χ0v) is 12.1. The summed E-state index contributed by atoms with van der Waals surface area (Å²) in [5.74, 6) is 0.562. The number of carbonyl (C=O) groups excluding carboxylic acids is 1. The fraction of sp³-hybridized carbons (Fsp3) is 0.533. The largest absolute Gasteiger partial charge is 0.491 e. The average molecular weight is 265 g/mol. The summed E-state index contributed by atoms with van der Waals surface area (Å²) in [6.45, 7) is 6.30. The molecule has 1 rings (SSSR count). The lowest BCUT2D eigenvalue weighted by molar-refractivity contribution is -0.141. The van der Waals surface area contributed by atoms with Gasteiger partial charge < -0.3 is 15.2 Å². The van der Waals surface area contributed by atoms with E-state index in [-0.39, 0.29) is 18.5 Å². The van der Waals surface area contributed by atoms with Gasteiger partial charge in [0.05, 0.1) is 19.6 Å². The fourth-order valence-corrected chi connectivity index (χ4v) is 1.89. The Bertz CT molecular complexity index is 414. The zero-order valence-electron chi connectivity index (χ0n) is 12.1. The Morgan fingerprint density at radius 1 is 1.32 bits per heavy atom. The first-order valence-corrected chi connectivity index (χ1v) is 6.45. The van der Waals surface area contributed by atoms with Gasteiger partial charge in [0.15, 0.2) is 0 Å². The molecule has 0 saturated heterocycles. The molecule has 0 fully saturated rings. The minimum absolute atomic E-state index is 0.141. The molecule has 1 atom stereocenters. The zero-order chi connectivity index (χ0) is 14.5. The predicted molar refractivity (Wildman–Crippen MR) is 75.2 cm³/mol. The van der Waals surface area contributed by atoms with E-state index in [1.54, 1.807) is 0 Å². The van der Waals surface area contributed by atoms with Crippen molar-refractivity contribution >= 4 is 5.97 Å². The smallest absolute Gasteiger partial charge is 0.306 e. The van der Waals surface area contributed by atoms with E-state index in [2.05, 4.69) is 0 Å². The molecule has 1 unspecified atom stereocenters. The number of hydrogen-bond donors (Lipinski definition) is 1. The lowest BCUT2D eigenvalue weighted by atomic mass is 9.79. The first kappa shape index (κ1) is 15.5. The lowest BCUT2D eigenvalue weighted by Gasteiger charge is -2.27. The summed E-state index contributed by atoms with van der Waals surface area (Å²) in [5, 5.41) is 0. The number of carbonyl (C=O) groups is 1. The van der Waals surface area contributed by atoms with Gasteiger partial charge in [-0.15, -0.1) is 0 Å². The summed E-state index contributed by atoms with van der Waals surface area (Å²) < 4.78 is 10.3. The van der Waals surface area contributed by atoms with Gasteiger partial charge in [-0.3, -0.25) is 4.79 Å². The molecule has 106 valence electrons. The first-order valence-electron chi connectivity index (χ1n) is 6.45. The monoisotopic (exact) mass is 265 g/mol. The summed E-state index contributed by atoms with van der Waals surface area (Å²) in [7, 11) is 1.39. The molecule has 0 amide bonds. The fourth-order valence-electron chi connectivity index (χ4n) is 1.89. The van der Waals surface area contributed by atoms with E-state index in [1.165, 1.54) is 7.11 Å². The van der Waals surface area contributed by atoms with Crippen LogP contribution in [0.5, 0.6) is 5.75 Å². The van der Waals surface area contributed by atoms with Crippen molar-refractivity contribution in [3.05, 3.63) is 29.8 Å². The summed E-state index contributed by atoms with van der Waals surface area (Å²) in [5.41, 5.74) is 6.42. The van der Waals surface area contributed by atoms with Gasteiger partial charge in [0.1, 0.15) is 5.75 Å². The first-order chi connectivity index (χ1) is 8.91. The summed E-state index contributed by atoms with van der Waals surface area (Å²) in [4.78, 5) is 11.5. The Morgan fingerprint density at radius 2 is 1.89 bits per heavy atom. The SMILES string of the molecule is COC(=O)CC(C)(CN)c1ccc(OC(C)C)cc1. The molecule has 0 aliphatic carbocycles. The molecule has 0 aliphatic rings. The van der Waals surface area contributed by atoms with Crippen LogP contribution in [0.15, 0.2) is 24.3 Å². The van der Waals surface area contributed by atoms with Crippen LogP contribution in [-0.2, 0) is 14.9 Å². The van der Waals surface area contributed by atoms with Crippen molar-refractivity contribution < 1.29 is 14.3 Å². The highest BCUT2D eigenvalue weighted by Crippen LogP contribution is 2.28. The van der Waals surface area contributed by atoms with Gasteiger partial charge in [-0.05, 0) is 31.5 Å². The van der Waals surface area contributed by atoms with Crippen molar-refractivity contribution in [2.75, 3.05) is 13.7 Å². The minimum Gasteiger partial charge on any atom is -0.491 e. The molecule has 0 bridgehead atoms. The van der Waals surface area contributed by atoms with Crippen LogP contribution in [0.2, 0.25) is 0 Å². The summed E-state index contributed by atoms with van der Waals surface area (Å²) in [6, 6.07) is 7.71. The van der Waals surface area contributed by atoms with Gasteiger partial charge in [-0.1, -0.05) is 19.1 Å². The maximum absolute atomic E-state index is 11.5. The number of ether oxygens (including phenoxy) is 2. The third-order valence-electron chi connectivity index (χ3n) is 3.14. The van der Waals surface area contributed by atoms with E-state index >= 15 is 0 Å². The van der Waals surface area contributed by atoms with Crippen LogP contribution in [0.4, 0.5) is 0 Å². The van der Waals surface area contributed by atoms with Crippen LogP contribution < -0.4 is 10.5 Å². The molecule has 4 heteroatoms. The second kappa shape index (κ2) is 6.57. The highest BCUT2D eigenvalue weighted by Gasteiger charge is 2.28. The number of rotatable bonds is 6. The topological polar surface area (TPSA) is 61.5 Å². The van der Waals surface area contributed by atoms with Crippen LogP contribution in [-0.4, -0.2) is 25.7 Å². The van der Waals surface area contributed by atoms with Gasteiger partial charge in [0.25, 0.3) is 0 Å². The highest BCUT2D eigenvalue weighted by atomic mass is 16.5. The van der Waals surface area contributed by atoms with Crippen molar-refractivity contribution in [1.29, 1.82) is 0 Å². The van der Waals surface area contributed by atoms with Gasteiger partial charge in [-0.2, -0.15) is 0 Å². The molecule has 0 heterocycles. The molecular formula is C15H23NO3. The Morgan fingerprint density at radius 3 is 2.32 bits per heavy atom. The van der Waals surface area contributed by atoms with Crippen LogP contribution in [0.25, 0.3) is 0 Å². The molecule has 0 aromatic heterocycles. The molecule has 0 aliphatic heterocycles. The second-order valence-corrected chi connectivity index (χ2v) is 5.21. The Balaban J connectivity index is 2.89. The predicted octanol–water partition coefficient (Wildman–Crippen LogP) is 2.25. The molecular weight excluding hydrogens is 242 g/mol. The number of methoxy groups -OCH3 is 1. The number of hydrogen-bond acceptors (Lipinski definition) is 4. The third kappa shape index (κ3) is 4.24. The normalized spacial score (nSPS) is 14.0. The molecule has 1 aromatic rings. The van der Waals surface area contributed by atoms with Crippen molar-refractivity contribution in [2.24, 2.45) is 5.73 Å². The van der Waals surface area contributed by atoms with E-state index in [0.717, 1.165) is 11.3 Å². The van der Waals surface area contributed by atoms with Crippen molar-refractivity contribution in [3.63, 3.8) is 0 Å².